The normalized spacial score (nSPS) is 10.5. The average Bonchev–Trinajstić information content (AvgIpc) is 2.56. The van der Waals surface area contributed by atoms with Crippen LogP contribution in [0.4, 0.5) is 0 Å². The van der Waals surface area contributed by atoms with Crippen LogP contribution in [0.25, 0.3) is 0 Å². The minimum absolute atomic E-state index is 0.254. The molecule has 134 valence electrons. The smallest absolute Gasteiger partial charge is 0.320 e. The summed E-state index contributed by atoms with van der Waals surface area (Å²) in [5.41, 5.74) is 0. The van der Waals surface area contributed by atoms with E-state index in [9.17, 15) is 9.59 Å². The lowest BCUT2D eigenvalue weighted by Crippen LogP contribution is -2.28. The van der Waals surface area contributed by atoms with E-state index in [-0.39, 0.29) is 13.2 Å². The molecule has 0 heterocycles. The summed E-state index contributed by atoms with van der Waals surface area (Å²) in [6.07, 6.45) is 2.84. The molecule has 0 aliphatic rings. The van der Waals surface area contributed by atoms with Crippen LogP contribution < -0.4 is 4.74 Å². The first-order chi connectivity index (χ1) is 11.6. The molecule has 0 radical (unpaired) electrons. The standard InChI is InChI=1S/C18H25ClO5/c1-3-22-17(20)16(18(21)23-4-2)8-6-5-7-13-24-15-11-9-14(19)10-12-15/h9-12,16H,3-8,13H2,1-2H3. The SMILES string of the molecule is CCOC(=O)C(CCCCCOc1ccc(Cl)cc1)C(=O)OCC. The Morgan fingerprint density at radius 2 is 1.54 bits per heavy atom. The van der Waals surface area contributed by atoms with E-state index in [1.165, 1.54) is 0 Å². The third-order valence-electron chi connectivity index (χ3n) is 3.36. The van der Waals surface area contributed by atoms with Crippen molar-refractivity contribution < 1.29 is 23.8 Å². The molecule has 0 amide bonds. The fourth-order valence-corrected chi connectivity index (χ4v) is 2.29. The summed E-state index contributed by atoms with van der Waals surface area (Å²) >= 11 is 5.81. The van der Waals surface area contributed by atoms with Gasteiger partial charge in [0, 0.05) is 5.02 Å². The summed E-state index contributed by atoms with van der Waals surface area (Å²) in [5.74, 6) is -1.07. The van der Waals surface area contributed by atoms with Gasteiger partial charge in [0.15, 0.2) is 5.92 Å². The number of carbonyl (C=O) groups is 2. The van der Waals surface area contributed by atoms with Gasteiger partial charge in [-0.05, 0) is 51.0 Å². The highest BCUT2D eigenvalue weighted by molar-refractivity contribution is 6.30. The van der Waals surface area contributed by atoms with Crippen LogP contribution in [0.5, 0.6) is 5.75 Å². The molecule has 1 aromatic carbocycles. The van der Waals surface area contributed by atoms with Crippen molar-refractivity contribution in [2.45, 2.75) is 39.5 Å². The summed E-state index contributed by atoms with van der Waals surface area (Å²) in [7, 11) is 0. The summed E-state index contributed by atoms with van der Waals surface area (Å²) < 4.78 is 15.5. The molecule has 0 aliphatic heterocycles. The molecule has 5 nitrogen and oxygen atoms in total. The van der Waals surface area contributed by atoms with Crippen LogP contribution in [-0.2, 0) is 19.1 Å². The molecule has 0 saturated heterocycles. The van der Waals surface area contributed by atoms with Gasteiger partial charge in [-0.2, -0.15) is 0 Å². The van der Waals surface area contributed by atoms with Crippen molar-refractivity contribution in [1.82, 2.24) is 0 Å². The molecule has 0 N–H and O–H groups in total. The zero-order chi connectivity index (χ0) is 17.8. The van der Waals surface area contributed by atoms with Gasteiger partial charge < -0.3 is 14.2 Å². The minimum Gasteiger partial charge on any atom is -0.494 e. The Bertz CT molecular complexity index is 483. The van der Waals surface area contributed by atoms with E-state index in [1.54, 1.807) is 26.0 Å². The lowest BCUT2D eigenvalue weighted by atomic mass is 10.0. The fourth-order valence-electron chi connectivity index (χ4n) is 2.17. The van der Waals surface area contributed by atoms with Crippen LogP contribution in [0.3, 0.4) is 0 Å². The van der Waals surface area contributed by atoms with E-state index in [4.69, 9.17) is 25.8 Å². The Kier molecular flexibility index (Phi) is 9.92. The second-order valence-corrected chi connectivity index (χ2v) is 5.64. The highest BCUT2D eigenvalue weighted by Gasteiger charge is 2.28. The summed E-state index contributed by atoms with van der Waals surface area (Å²) in [4.78, 5) is 23.7. The molecule has 1 aromatic rings. The van der Waals surface area contributed by atoms with E-state index in [2.05, 4.69) is 0 Å². The molecule has 0 fully saturated rings. The highest BCUT2D eigenvalue weighted by Crippen LogP contribution is 2.17. The van der Waals surface area contributed by atoms with Gasteiger partial charge in [-0.1, -0.05) is 24.4 Å². The summed E-state index contributed by atoms with van der Waals surface area (Å²) in [6.45, 7) is 4.51. The maximum absolute atomic E-state index is 11.8. The number of hydrogen-bond acceptors (Lipinski definition) is 5. The average molecular weight is 357 g/mol. The Morgan fingerprint density at radius 3 is 2.08 bits per heavy atom. The predicted octanol–water partition coefficient (Wildman–Crippen LogP) is 4.02. The number of benzene rings is 1. The van der Waals surface area contributed by atoms with Crippen molar-refractivity contribution in [2.75, 3.05) is 19.8 Å². The number of hydrogen-bond donors (Lipinski definition) is 0. The molecule has 0 atom stereocenters. The Labute approximate surface area is 148 Å². The van der Waals surface area contributed by atoms with E-state index in [0.717, 1.165) is 25.0 Å². The van der Waals surface area contributed by atoms with Gasteiger partial charge in [-0.15, -0.1) is 0 Å². The van der Waals surface area contributed by atoms with Crippen LogP contribution >= 0.6 is 11.6 Å². The molecule has 0 saturated carbocycles. The van der Waals surface area contributed by atoms with Crippen molar-refractivity contribution in [3.63, 3.8) is 0 Å². The van der Waals surface area contributed by atoms with Crippen molar-refractivity contribution in [3.8, 4) is 5.75 Å². The molecule has 0 spiro atoms. The number of unbranched alkanes of at least 4 members (excludes halogenated alkanes) is 2. The third-order valence-corrected chi connectivity index (χ3v) is 3.61. The number of rotatable bonds is 11. The monoisotopic (exact) mass is 356 g/mol. The van der Waals surface area contributed by atoms with Gasteiger partial charge in [0.1, 0.15) is 5.75 Å². The number of carbonyl (C=O) groups excluding carboxylic acids is 2. The van der Waals surface area contributed by atoms with Crippen LogP contribution in [0.1, 0.15) is 39.5 Å². The van der Waals surface area contributed by atoms with Gasteiger partial charge >= 0.3 is 11.9 Å². The largest absolute Gasteiger partial charge is 0.494 e. The highest BCUT2D eigenvalue weighted by atomic mass is 35.5. The van der Waals surface area contributed by atoms with E-state index in [0.29, 0.717) is 18.1 Å². The van der Waals surface area contributed by atoms with Crippen LogP contribution in [0.15, 0.2) is 24.3 Å². The molecule has 0 aromatic heterocycles. The molecular weight excluding hydrogens is 332 g/mol. The number of halogens is 1. The Morgan fingerprint density at radius 1 is 0.958 bits per heavy atom. The number of esters is 2. The van der Waals surface area contributed by atoms with Gasteiger partial charge in [0.2, 0.25) is 0 Å². The first-order valence-electron chi connectivity index (χ1n) is 8.30. The third kappa shape index (κ3) is 7.68. The molecule has 6 heteroatoms. The van der Waals surface area contributed by atoms with E-state index >= 15 is 0 Å². The maximum Gasteiger partial charge on any atom is 0.320 e. The summed E-state index contributed by atoms with van der Waals surface area (Å²) in [5, 5.41) is 0.673. The zero-order valence-corrected chi connectivity index (χ0v) is 15.0. The quantitative estimate of drug-likeness (QED) is 0.340. The second-order valence-electron chi connectivity index (χ2n) is 5.21. The predicted molar refractivity (Wildman–Crippen MR) is 92.2 cm³/mol. The molecule has 1 rings (SSSR count). The first-order valence-corrected chi connectivity index (χ1v) is 8.67. The molecule has 0 aliphatic carbocycles. The van der Waals surface area contributed by atoms with Gasteiger partial charge in [-0.3, -0.25) is 9.59 Å². The summed E-state index contributed by atoms with van der Waals surface area (Å²) in [6, 6.07) is 7.19. The van der Waals surface area contributed by atoms with Crippen LogP contribution in [0.2, 0.25) is 5.02 Å². The van der Waals surface area contributed by atoms with Crippen LogP contribution in [-0.4, -0.2) is 31.8 Å². The zero-order valence-electron chi connectivity index (χ0n) is 14.3. The van der Waals surface area contributed by atoms with E-state index in [1.807, 2.05) is 12.1 Å². The van der Waals surface area contributed by atoms with Crippen molar-refractivity contribution >= 4 is 23.5 Å². The lowest BCUT2D eigenvalue weighted by molar-refractivity contribution is -0.161. The van der Waals surface area contributed by atoms with Crippen molar-refractivity contribution in [3.05, 3.63) is 29.3 Å². The van der Waals surface area contributed by atoms with Gasteiger partial charge in [-0.25, -0.2) is 0 Å². The van der Waals surface area contributed by atoms with Crippen molar-refractivity contribution in [1.29, 1.82) is 0 Å². The van der Waals surface area contributed by atoms with Gasteiger partial charge in [0.05, 0.1) is 19.8 Å². The first kappa shape index (κ1) is 20.3. The fraction of sp³-hybridized carbons (Fsp3) is 0.556. The van der Waals surface area contributed by atoms with Crippen LogP contribution in [0, 0.1) is 5.92 Å². The minimum atomic E-state index is -0.831. The second kappa shape index (κ2) is 11.7. The van der Waals surface area contributed by atoms with E-state index < -0.39 is 17.9 Å². The van der Waals surface area contributed by atoms with Crippen molar-refractivity contribution in [2.24, 2.45) is 5.92 Å². The maximum atomic E-state index is 11.8. The Balaban J connectivity index is 2.27. The molecule has 24 heavy (non-hydrogen) atoms. The Hall–Kier alpha value is -1.75. The lowest BCUT2D eigenvalue weighted by Gasteiger charge is -2.14. The molecular formula is C18H25ClO5. The topological polar surface area (TPSA) is 61.8 Å². The van der Waals surface area contributed by atoms with Gasteiger partial charge in [0.25, 0.3) is 0 Å². The number of ether oxygens (including phenoxy) is 3. The molecule has 0 bridgehead atoms. The molecule has 0 unspecified atom stereocenters.